The van der Waals surface area contributed by atoms with Gasteiger partial charge in [-0.3, -0.25) is 9.10 Å². The standard InChI is InChI=1S/C31H34Cl2N2O4S/c1-20-16-21(2)23(4)31(22(20)3)40(37,38)34(5)27-7-9-28(10-8-27)39-19-30(36)35-14-12-24(13-15-35)17-25-18-26(32)6-11-29(25)33/h6-11,16-18H,12-15,19H2,1-5H3. The van der Waals surface area contributed by atoms with Crippen LogP contribution in [0.3, 0.4) is 0 Å². The number of likely N-dealkylation sites (tertiary alicyclic amines) is 1. The minimum Gasteiger partial charge on any atom is -0.484 e. The average molecular weight is 602 g/mol. The summed E-state index contributed by atoms with van der Waals surface area (Å²) in [6.45, 7) is 8.63. The lowest BCUT2D eigenvalue weighted by Gasteiger charge is -2.28. The van der Waals surface area contributed by atoms with E-state index in [0.717, 1.165) is 40.7 Å². The highest BCUT2D eigenvalue weighted by molar-refractivity contribution is 7.93. The lowest BCUT2D eigenvalue weighted by Crippen LogP contribution is -2.39. The fourth-order valence-corrected chi connectivity index (χ4v) is 6.99. The van der Waals surface area contributed by atoms with Crippen LogP contribution in [0.25, 0.3) is 6.08 Å². The monoisotopic (exact) mass is 600 g/mol. The molecule has 3 aromatic carbocycles. The lowest BCUT2D eigenvalue weighted by atomic mass is 10.0. The second-order valence-electron chi connectivity index (χ2n) is 10.2. The molecule has 1 aliphatic heterocycles. The number of benzene rings is 3. The molecule has 0 aliphatic carbocycles. The number of carbonyl (C=O) groups is 1. The summed E-state index contributed by atoms with van der Waals surface area (Å²) < 4.78 is 34.1. The molecule has 0 atom stereocenters. The molecule has 1 fully saturated rings. The van der Waals surface area contributed by atoms with Gasteiger partial charge in [0.1, 0.15) is 5.75 Å². The van der Waals surface area contributed by atoms with Gasteiger partial charge in [0, 0.05) is 30.2 Å². The van der Waals surface area contributed by atoms with Crippen molar-refractivity contribution in [2.75, 3.05) is 31.0 Å². The van der Waals surface area contributed by atoms with E-state index in [2.05, 4.69) is 0 Å². The Bertz CT molecular complexity index is 1530. The number of halogens is 2. The summed E-state index contributed by atoms with van der Waals surface area (Å²) in [6.07, 6.45) is 3.56. The minimum atomic E-state index is -3.77. The van der Waals surface area contributed by atoms with Crippen LogP contribution in [0.5, 0.6) is 5.75 Å². The van der Waals surface area contributed by atoms with Crippen LogP contribution in [-0.2, 0) is 14.8 Å². The van der Waals surface area contributed by atoms with Crippen molar-refractivity contribution in [3.63, 3.8) is 0 Å². The van der Waals surface area contributed by atoms with Crippen LogP contribution in [0.15, 0.2) is 59.0 Å². The molecule has 0 aromatic heterocycles. The maximum absolute atomic E-state index is 13.5. The number of hydrogen-bond acceptors (Lipinski definition) is 4. The summed E-state index contributed by atoms with van der Waals surface area (Å²) in [5, 5.41) is 1.28. The Morgan fingerprint density at radius 1 is 0.950 bits per heavy atom. The molecule has 0 N–H and O–H groups in total. The molecular weight excluding hydrogens is 567 g/mol. The molecule has 9 heteroatoms. The van der Waals surface area contributed by atoms with Gasteiger partial charge in [-0.25, -0.2) is 8.42 Å². The molecule has 212 valence electrons. The van der Waals surface area contributed by atoms with Crippen molar-refractivity contribution in [3.8, 4) is 5.75 Å². The number of rotatable bonds is 7. The predicted octanol–water partition coefficient (Wildman–Crippen LogP) is 7.14. The van der Waals surface area contributed by atoms with Gasteiger partial charge in [-0.1, -0.05) is 40.9 Å². The van der Waals surface area contributed by atoms with Crippen molar-refractivity contribution < 1.29 is 17.9 Å². The van der Waals surface area contributed by atoms with Crippen molar-refractivity contribution in [2.24, 2.45) is 0 Å². The van der Waals surface area contributed by atoms with Gasteiger partial charge < -0.3 is 9.64 Å². The Kier molecular flexibility index (Phi) is 9.18. The van der Waals surface area contributed by atoms with Crippen LogP contribution < -0.4 is 9.04 Å². The highest BCUT2D eigenvalue weighted by atomic mass is 35.5. The molecule has 1 heterocycles. The fourth-order valence-electron chi connectivity index (χ4n) is 4.86. The minimum absolute atomic E-state index is 0.0897. The molecule has 1 aliphatic rings. The maximum atomic E-state index is 13.5. The van der Waals surface area contributed by atoms with E-state index in [1.165, 1.54) is 9.88 Å². The SMILES string of the molecule is Cc1cc(C)c(C)c(S(=O)(=O)N(C)c2ccc(OCC(=O)N3CCC(=Cc4cc(Cl)ccc4Cl)CC3)cc2)c1C. The van der Waals surface area contributed by atoms with Crippen LogP contribution in [0, 0.1) is 27.7 Å². The lowest BCUT2D eigenvalue weighted by molar-refractivity contribution is -0.133. The number of amides is 1. The van der Waals surface area contributed by atoms with E-state index < -0.39 is 10.0 Å². The van der Waals surface area contributed by atoms with Gasteiger partial charge in [-0.15, -0.1) is 0 Å². The van der Waals surface area contributed by atoms with Crippen LogP contribution in [0.1, 0.15) is 40.7 Å². The molecule has 0 spiro atoms. The van der Waals surface area contributed by atoms with E-state index in [0.29, 0.717) is 39.5 Å². The molecule has 1 amide bonds. The summed E-state index contributed by atoms with van der Waals surface area (Å²) in [5.41, 5.74) is 5.99. The molecule has 0 unspecified atom stereocenters. The highest BCUT2D eigenvalue weighted by Crippen LogP contribution is 2.31. The third-order valence-electron chi connectivity index (χ3n) is 7.55. The summed E-state index contributed by atoms with van der Waals surface area (Å²) in [7, 11) is -2.22. The number of aryl methyl sites for hydroxylation is 2. The van der Waals surface area contributed by atoms with Crippen molar-refractivity contribution in [2.45, 2.75) is 45.4 Å². The highest BCUT2D eigenvalue weighted by Gasteiger charge is 2.27. The van der Waals surface area contributed by atoms with E-state index in [-0.39, 0.29) is 12.5 Å². The van der Waals surface area contributed by atoms with Crippen molar-refractivity contribution in [1.82, 2.24) is 4.90 Å². The molecule has 40 heavy (non-hydrogen) atoms. The first-order chi connectivity index (χ1) is 18.9. The number of hydrogen-bond donors (Lipinski definition) is 0. The smallest absolute Gasteiger partial charge is 0.264 e. The second-order valence-corrected chi connectivity index (χ2v) is 12.9. The summed E-state index contributed by atoms with van der Waals surface area (Å²) in [4.78, 5) is 14.9. The van der Waals surface area contributed by atoms with E-state index in [1.807, 2.05) is 45.9 Å². The molecule has 0 bridgehead atoms. The van der Waals surface area contributed by atoms with Gasteiger partial charge >= 0.3 is 0 Å². The molecule has 3 aromatic rings. The molecule has 6 nitrogen and oxygen atoms in total. The second kappa shape index (κ2) is 12.2. The van der Waals surface area contributed by atoms with E-state index in [4.69, 9.17) is 27.9 Å². The Hall–Kier alpha value is -3.00. The quantitative estimate of drug-likeness (QED) is 0.289. The van der Waals surface area contributed by atoms with Gasteiger partial charge in [0.25, 0.3) is 15.9 Å². The van der Waals surface area contributed by atoms with Crippen LogP contribution in [0.2, 0.25) is 10.0 Å². The van der Waals surface area contributed by atoms with E-state index in [1.54, 1.807) is 48.3 Å². The molecule has 0 saturated carbocycles. The fraction of sp³-hybridized carbons (Fsp3) is 0.323. The first-order valence-electron chi connectivity index (χ1n) is 13.1. The first-order valence-corrected chi connectivity index (χ1v) is 15.3. The number of sulfonamides is 1. The zero-order chi connectivity index (χ0) is 29.2. The number of piperidine rings is 1. The Morgan fingerprint density at radius 3 is 2.15 bits per heavy atom. The Balaban J connectivity index is 1.35. The molecule has 4 rings (SSSR count). The third-order valence-corrected chi connectivity index (χ3v) is 10.2. The van der Waals surface area contributed by atoms with Crippen LogP contribution in [0.4, 0.5) is 5.69 Å². The zero-order valence-corrected chi connectivity index (χ0v) is 25.8. The molecule has 1 saturated heterocycles. The van der Waals surface area contributed by atoms with Crippen molar-refractivity contribution >= 4 is 50.9 Å². The van der Waals surface area contributed by atoms with Gasteiger partial charge in [-0.2, -0.15) is 0 Å². The summed E-state index contributed by atoms with van der Waals surface area (Å²) in [5.74, 6) is 0.402. The average Bonchev–Trinajstić information content (AvgIpc) is 2.93. The van der Waals surface area contributed by atoms with Crippen LogP contribution >= 0.6 is 23.2 Å². The topological polar surface area (TPSA) is 66.9 Å². The summed E-state index contributed by atoms with van der Waals surface area (Å²) in [6, 6.07) is 14.1. The van der Waals surface area contributed by atoms with Gasteiger partial charge in [0.15, 0.2) is 6.61 Å². The molecule has 0 radical (unpaired) electrons. The number of carbonyl (C=O) groups excluding carboxylic acids is 1. The molecular formula is C31H34Cl2N2O4S. The maximum Gasteiger partial charge on any atom is 0.264 e. The Morgan fingerprint density at radius 2 is 1.55 bits per heavy atom. The zero-order valence-electron chi connectivity index (χ0n) is 23.4. The summed E-state index contributed by atoms with van der Waals surface area (Å²) >= 11 is 12.4. The Labute approximate surface area is 247 Å². The number of anilines is 1. The predicted molar refractivity (Wildman–Crippen MR) is 163 cm³/mol. The van der Waals surface area contributed by atoms with E-state index >= 15 is 0 Å². The van der Waals surface area contributed by atoms with Crippen LogP contribution in [-0.4, -0.2) is 46.0 Å². The number of ether oxygens (including phenoxy) is 1. The van der Waals surface area contributed by atoms with Gasteiger partial charge in [-0.05, 0) is 111 Å². The number of nitrogens with zero attached hydrogens (tertiary/aromatic N) is 2. The first kappa shape index (κ1) is 30.0. The van der Waals surface area contributed by atoms with Gasteiger partial charge in [0.05, 0.1) is 10.6 Å². The van der Waals surface area contributed by atoms with E-state index in [9.17, 15) is 13.2 Å². The largest absolute Gasteiger partial charge is 0.484 e. The van der Waals surface area contributed by atoms with Crippen molar-refractivity contribution in [1.29, 1.82) is 0 Å². The van der Waals surface area contributed by atoms with Crippen molar-refractivity contribution in [3.05, 3.63) is 92.0 Å². The van der Waals surface area contributed by atoms with Gasteiger partial charge in [0.2, 0.25) is 0 Å². The normalized spacial score (nSPS) is 13.8. The third kappa shape index (κ3) is 6.48.